The van der Waals surface area contributed by atoms with Gasteiger partial charge < -0.3 is 15.2 Å². The van der Waals surface area contributed by atoms with E-state index in [4.69, 9.17) is 17.0 Å². The fraction of sp³-hybridized carbons (Fsp3) is 0.391. The average molecular weight is 410 g/mol. The number of hydrogen-bond acceptors (Lipinski definition) is 4. The molecule has 0 atom stereocenters. The lowest BCUT2D eigenvalue weighted by Gasteiger charge is -2.41. The third-order valence-electron chi connectivity index (χ3n) is 5.91. The zero-order valence-electron chi connectivity index (χ0n) is 16.9. The van der Waals surface area contributed by atoms with Crippen LogP contribution in [0.25, 0.3) is 0 Å². The van der Waals surface area contributed by atoms with Crippen molar-refractivity contribution in [1.82, 2.24) is 5.43 Å². The molecule has 29 heavy (non-hydrogen) atoms. The summed E-state index contributed by atoms with van der Waals surface area (Å²) in [5.74, 6) is 0.986. The van der Waals surface area contributed by atoms with E-state index in [1.807, 2.05) is 12.1 Å². The van der Waals surface area contributed by atoms with Crippen LogP contribution in [-0.2, 0) is 0 Å². The molecule has 1 saturated carbocycles. The molecule has 5 nitrogen and oxygen atoms in total. The van der Waals surface area contributed by atoms with Crippen molar-refractivity contribution in [2.75, 3.05) is 5.32 Å². The van der Waals surface area contributed by atoms with E-state index in [1.165, 1.54) is 30.4 Å². The highest BCUT2D eigenvalue weighted by molar-refractivity contribution is 7.80. The molecule has 1 fully saturated rings. The number of aryl methyl sites for hydroxylation is 2. The number of hydrogen-bond donors (Lipinski definition) is 3. The summed E-state index contributed by atoms with van der Waals surface area (Å²) in [5, 5.41) is 18.2. The molecule has 1 spiro atoms. The van der Waals surface area contributed by atoms with E-state index in [9.17, 15) is 5.11 Å². The maximum atomic E-state index is 9.96. The van der Waals surface area contributed by atoms with Gasteiger partial charge in [0.2, 0.25) is 0 Å². The maximum absolute atomic E-state index is 9.96. The van der Waals surface area contributed by atoms with Gasteiger partial charge in [0.25, 0.3) is 0 Å². The Bertz CT molecular complexity index is 965. The highest BCUT2D eigenvalue weighted by Gasteiger charge is 2.40. The van der Waals surface area contributed by atoms with Crippen LogP contribution < -0.4 is 15.5 Å². The number of thiocarbonyl (C=S) groups is 1. The molecule has 152 valence electrons. The maximum Gasteiger partial charge on any atom is 0.191 e. The van der Waals surface area contributed by atoms with Crippen LogP contribution in [0.5, 0.6) is 11.5 Å². The van der Waals surface area contributed by atoms with E-state index in [2.05, 4.69) is 41.8 Å². The van der Waals surface area contributed by atoms with Gasteiger partial charge in [-0.3, -0.25) is 5.43 Å². The zero-order chi connectivity index (χ0) is 20.4. The summed E-state index contributed by atoms with van der Waals surface area (Å²) in [7, 11) is 0. The number of anilines is 1. The largest absolute Gasteiger partial charge is 0.508 e. The Balaban J connectivity index is 1.55. The summed E-state index contributed by atoms with van der Waals surface area (Å²) >= 11 is 5.44. The summed E-state index contributed by atoms with van der Waals surface area (Å²) < 4.78 is 6.40. The number of ether oxygens (including phenoxy) is 1. The van der Waals surface area contributed by atoms with E-state index in [-0.39, 0.29) is 11.4 Å². The van der Waals surface area contributed by atoms with Crippen LogP contribution in [0.4, 0.5) is 5.69 Å². The predicted octanol–water partition coefficient (Wildman–Crippen LogP) is 5.19. The van der Waals surface area contributed by atoms with Crippen LogP contribution in [0.1, 0.15) is 55.2 Å². The minimum absolute atomic E-state index is 0.203. The molecule has 0 amide bonds. The number of hydrazone groups is 1. The fourth-order valence-electron chi connectivity index (χ4n) is 4.17. The predicted molar refractivity (Wildman–Crippen MR) is 121 cm³/mol. The van der Waals surface area contributed by atoms with Gasteiger partial charge in [-0.15, -0.1) is 0 Å². The Kier molecular flexibility index (Phi) is 5.46. The Labute approximate surface area is 177 Å². The lowest BCUT2D eigenvalue weighted by molar-refractivity contribution is 0.0320. The smallest absolute Gasteiger partial charge is 0.191 e. The van der Waals surface area contributed by atoms with Crippen molar-refractivity contribution in [1.29, 1.82) is 0 Å². The van der Waals surface area contributed by atoms with Crippen molar-refractivity contribution in [3.8, 4) is 11.5 Å². The Morgan fingerprint density at radius 3 is 2.62 bits per heavy atom. The van der Waals surface area contributed by atoms with Gasteiger partial charge in [0, 0.05) is 17.7 Å². The van der Waals surface area contributed by atoms with E-state index >= 15 is 0 Å². The zero-order valence-corrected chi connectivity index (χ0v) is 17.7. The second kappa shape index (κ2) is 8.03. The summed E-state index contributed by atoms with van der Waals surface area (Å²) in [6, 6.07) is 11.3. The molecule has 6 heteroatoms. The minimum Gasteiger partial charge on any atom is -0.508 e. The number of rotatable bonds is 2. The van der Waals surface area contributed by atoms with E-state index < -0.39 is 0 Å². The highest BCUT2D eigenvalue weighted by Crippen LogP contribution is 2.42. The monoisotopic (exact) mass is 409 g/mol. The first-order valence-corrected chi connectivity index (χ1v) is 10.6. The molecule has 2 aromatic carbocycles. The van der Waals surface area contributed by atoms with Crippen LogP contribution in [0.2, 0.25) is 0 Å². The number of fused-ring (bicyclic) bond motifs is 1. The average Bonchev–Trinajstić information content (AvgIpc) is 2.70. The molecule has 1 aliphatic heterocycles. The van der Waals surface area contributed by atoms with Crippen molar-refractivity contribution in [2.45, 2.75) is 58.0 Å². The van der Waals surface area contributed by atoms with Gasteiger partial charge in [-0.2, -0.15) is 5.10 Å². The van der Waals surface area contributed by atoms with Crippen LogP contribution in [0, 0.1) is 13.8 Å². The van der Waals surface area contributed by atoms with Crippen molar-refractivity contribution in [2.24, 2.45) is 5.10 Å². The standard InChI is InChI=1S/C23H27N3O2S/c1-15-6-7-17(12-16(15)2)24-22(29)26-25-20-14-23(10-4-3-5-11-23)28-21-9-8-18(27)13-19(20)21/h6-9,12-13,27H,3-5,10-11,14H2,1-2H3,(H2,24,26,29)/b25-20+. The van der Waals surface area contributed by atoms with Crippen LogP contribution in [0.3, 0.4) is 0 Å². The SMILES string of the molecule is Cc1ccc(NC(=S)N/N=C2\CC3(CCCCC3)Oc3ccc(O)cc32)cc1C. The number of nitrogens with one attached hydrogen (secondary N) is 2. The van der Waals surface area contributed by atoms with Crippen LogP contribution in [0.15, 0.2) is 41.5 Å². The second-order valence-electron chi connectivity index (χ2n) is 8.13. The van der Waals surface area contributed by atoms with E-state index in [1.54, 1.807) is 12.1 Å². The quantitative estimate of drug-likeness (QED) is 0.471. The first kappa shape index (κ1) is 19.7. The molecule has 0 unspecified atom stereocenters. The summed E-state index contributed by atoms with van der Waals surface area (Å²) in [6.07, 6.45) is 6.35. The molecule has 1 heterocycles. The molecule has 2 aliphatic rings. The number of aromatic hydroxyl groups is 1. The molecule has 0 bridgehead atoms. The number of phenolic OH excluding ortho intramolecular Hbond substituents is 1. The Hall–Kier alpha value is -2.60. The lowest BCUT2D eigenvalue weighted by atomic mass is 9.78. The van der Waals surface area contributed by atoms with E-state index in [0.717, 1.165) is 35.6 Å². The fourth-order valence-corrected chi connectivity index (χ4v) is 4.34. The van der Waals surface area contributed by atoms with Gasteiger partial charge in [0.1, 0.15) is 17.1 Å². The summed E-state index contributed by atoms with van der Waals surface area (Å²) in [4.78, 5) is 0. The molecular weight excluding hydrogens is 382 g/mol. The van der Waals surface area contributed by atoms with Gasteiger partial charge in [0.05, 0.1) is 5.71 Å². The van der Waals surface area contributed by atoms with Gasteiger partial charge in [-0.1, -0.05) is 12.5 Å². The van der Waals surface area contributed by atoms with Crippen molar-refractivity contribution in [3.05, 3.63) is 53.1 Å². The number of nitrogens with zero attached hydrogens (tertiary/aromatic N) is 1. The van der Waals surface area contributed by atoms with Crippen LogP contribution in [-0.4, -0.2) is 21.5 Å². The number of phenols is 1. The molecule has 0 radical (unpaired) electrons. The van der Waals surface area contributed by atoms with Crippen LogP contribution >= 0.6 is 12.2 Å². The number of benzene rings is 2. The third kappa shape index (κ3) is 4.37. The minimum atomic E-state index is -0.203. The van der Waals surface area contributed by atoms with Gasteiger partial charge in [0.15, 0.2) is 5.11 Å². The van der Waals surface area contributed by atoms with Gasteiger partial charge in [-0.25, -0.2) is 0 Å². The van der Waals surface area contributed by atoms with Crippen molar-refractivity contribution >= 4 is 28.7 Å². The van der Waals surface area contributed by atoms with E-state index in [0.29, 0.717) is 11.5 Å². The molecular formula is C23H27N3O2S. The Morgan fingerprint density at radius 1 is 1.07 bits per heavy atom. The molecule has 2 aromatic rings. The Morgan fingerprint density at radius 2 is 1.86 bits per heavy atom. The molecule has 0 aromatic heterocycles. The molecule has 4 rings (SSSR count). The summed E-state index contributed by atoms with van der Waals surface area (Å²) in [5.41, 5.74) is 7.85. The van der Waals surface area contributed by atoms with Gasteiger partial charge >= 0.3 is 0 Å². The lowest BCUT2D eigenvalue weighted by Crippen LogP contribution is -2.44. The molecule has 1 aliphatic carbocycles. The molecule has 0 saturated heterocycles. The topological polar surface area (TPSA) is 65.9 Å². The molecule has 3 N–H and O–H groups in total. The van der Waals surface area contributed by atoms with Crippen molar-refractivity contribution < 1.29 is 9.84 Å². The first-order valence-electron chi connectivity index (χ1n) is 10.2. The third-order valence-corrected chi connectivity index (χ3v) is 6.11. The second-order valence-corrected chi connectivity index (χ2v) is 8.53. The van der Waals surface area contributed by atoms with Gasteiger partial charge in [-0.05, 0) is 93.2 Å². The summed E-state index contributed by atoms with van der Waals surface area (Å²) in [6.45, 7) is 4.16. The highest BCUT2D eigenvalue weighted by atomic mass is 32.1. The normalized spacial score (nSPS) is 18.8. The first-order chi connectivity index (χ1) is 13.9. The van der Waals surface area contributed by atoms with Crippen molar-refractivity contribution in [3.63, 3.8) is 0 Å².